The van der Waals surface area contributed by atoms with Crippen LogP contribution in [0.5, 0.6) is 0 Å². The van der Waals surface area contributed by atoms with Crippen LogP contribution in [0.4, 0.5) is 0 Å². The zero-order valence-corrected chi connectivity index (χ0v) is 9.45. The Morgan fingerprint density at radius 2 is 1.94 bits per heavy atom. The van der Waals surface area contributed by atoms with Crippen molar-refractivity contribution in [2.75, 3.05) is 0 Å². The number of hydrogen-bond acceptors (Lipinski definition) is 3. The first-order valence-electron chi connectivity index (χ1n) is 5.44. The van der Waals surface area contributed by atoms with Crippen molar-refractivity contribution in [2.24, 2.45) is 5.73 Å². The van der Waals surface area contributed by atoms with Gasteiger partial charge in [0.15, 0.2) is 0 Å². The van der Waals surface area contributed by atoms with Crippen LogP contribution in [0.25, 0.3) is 16.9 Å². The van der Waals surface area contributed by atoms with Crippen LogP contribution in [-0.2, 0) is 0 Å². The van der Waals surface area contributed by atoms with Gasteiger partial charge in [-0.2, -0.15) is 0 Å². The maximum absolute atomic E-state index is 11.0. The van der Waals surface area contributed by atoms with Crippen molar-refractivity contribution in [3.8, 4) is 5.82 Å². The quantitative estimate of drug-likeness (QED) is 0.735. The normalized spacial score (nSPS) is 10.7. The third-order valence-corrected chi connectivity index (χ3v) is 2.73. The van der Waals surface area contributed by atoms with Gasteiger partial charge in [0.2, 0.25) is 5.91 Å². The number of benzene rings is 1. The van der Waals surface area contributed by atoms with E-state index in [2.05, 4.69) is 9.97 Å². The third-order valence-electron chi connectivity index (χ3n) is 2.73. The molecular weight excluding hydrogens is 228 g/mol. The second kappa shape index (κ2) is 3.96. The molecule has 0 aliphatic heterocycles. The van der Waals surface area contributed by atoms with Crippen LogP contribution in [0.3, 0.4) is 0 Å². The Kier molecular flexibility index (Phi) is 2.30. The SMILES string of the molecule is NC(=O)c1ccc(-n2cnc3ccccc32)nc1. The van der Waals surface area contributed by atoms with E-state index in [9.17, 15) is 4.79 Å². The van der Waals surface area contributed by atoms with Crippen LogP contribution >= 0.6 is 0 Å². The fraction of sp³-hybridized carbons (Fsp3) is 0. The summed E-state index contributed by atoms with van der Waals surface area (Å²) in [5.74, 6) is 0.221. The molecule has 88 valence electrons. The molecule has 0 spiro atoms. The minimum Gasteiger partial charge on any atom is -0.366 e. The predicted molar refractivity (Wildman–Crippen MR) is 67.4 cm³/mol. The van der Waals surface area contributed by atoms with E-state index < -0.39 is 5.91 Å². The number of hydrogen-bond donors (Lipinski definition) is 1. The number of primary amides is 1. The Morgan fingerprint density at radius 1 is 1.11 bits per heavy atom. The number of fused-ring (bicyclic) bond motifs is 1. The molecule has 0 unspecified atom stereocenters. The van der Waals surface area contributed by atoms with Gasteiger partial charge in [0, 0.05) is 6.20 Å². The molecule has 18 heavy (non-hydrogen) atoms. The van der Waals surface area contributed by atoms with Crippen molar-refractivity contribution in [1.29, 1.82) is 0 Å². The molecule has 0 aliphatic rings. The Hall–Kier alpha value is -2.69. The summed E-state index contributed by atoms with van der Waals surface area (Å²) in [4.78, 5) is 19.5. The Morgan fingerprint density at radius 3 is 2.67 bits per heavy atom. The summed E-state index contributed by atoms with van der Waals surface area (Å²) in [6, 6.07) is 11.2. The fourth-order valence-corrected chi connectivity index (χ4v) is 1.82. The molecule has 3 aromatic rings. The molecule has 0 saturated heterocycles. The van der Waals surface area contributed by atoms with Gasteiger partial charge in [0.05, 0.1) is 16.6 Å². The number of amides is 1. The molecule has 0 aliphatic carbocycles. The van der Waals surface area contributed by atoms with Gasteiger partial charge in [0.1, 0.15) is 12.1 Å². The maximum Gasteiger partial charge on any atom is 0.250 e. The summed E-state index contributed by atoms with van der Waals surface area (Å²) in [6.07, 6.45) is 3.17. The molecule has 2 aromatic heterocycles. The summed E-state index contributed by atoms with van der Waals surface area (Å²) < 4.78 is 1.86. The minimum atomic E-state index is -0.482. The van der Waals surface area contributed by atoms with E-state index in [1.54, 1.807) is 18.5 Å². The molecule has 2 N–H and O–H groups in total. The molecule has 0 radical (unpaired) electrons. The number of rotatable bonds is 2. The standard InChI is InChI=1S/C13H10N4O/c14-13(18)9-5-6-12(15-7-9)17-8-16-10-3-1-2-4-11(10)17/h1-8H,(H2,14,18). The first-order valence-corrected chi connectivity index (χ1v) is 5.44. The topological polar surface area (TPSA) is 73.8 Å². The Bertz CT molecular complexity index is 715. The molecule has 1 aromatic carbocycles. The Balaban J connectivity index is 2.12. The van der Waals surface area contributed by atoms with Gasteiger partial charge in [-0.3, -0.25) is 9.36 Å². The van der Waals surface area contributed by atoms with Crippen LogP contribution < -0.4 is 5.73 Å². The first-order chi connectivity index (χ1) is 8.75. The summed E-state index contributed by atoms with van der Waals surface area (Å²) in [5.41, 5.74) is 7.44. The van der Waals surface area contributed by atoms with Gasteiger partial charge in [-0.25, -0.2) is 9.97 Å². The highest BCUT2D eigenvalue weighted by atomic mass is 16.1. The van der Waals surface area contributed by atoms with Crippen molar-refractivity contribution in [1.82, 2.24) is 14.5 Å². The fourth-order valence-electron chi connectivity index (χ4n) is 1.82. The highest BCUT2D eigenvalue weighted by molar-refractivity contribution is 5.92. The third kappa shape index (κ3) is 1.62. The average molecular weight is 238 g/mol. The van der Waals surface area contributed by atoms with Crippen LogP contribution in [0.15, 0.2) is 48.9 Å². The highest BCUT2D eigenvalue weighted by Crippen LogP contribution is 2.16. The summed E-state index contributed by atoms with van der Waals surface area (Å²) in [5, 5.41) is 0. The van der Waals surface area contributed by atoms with Crippen molar-refractivity contribution in [3.05, 3.63) is 54.5 Å². The number of carbonyl (C=O) groups excluding carboxylic acids is 1. The van der Waals surface area contributed by atoms with Gasteiger partial charge >= 0.3 is 0 Å². The van der Waals surface area contributed by atoms with Crippen molar-refractivity contribution in [3.63, 3.8) is 0 Å². The van der Waals surface area contributed by atoms with E-state index in [0.717, 1.165) is 11.0 Å². The number of nitrogens with two attached hydrogens (primary N) is 1. The molecule has 1 amide bonds. The second-order valence-electron chi connectivity index (χ2n) is 3.87. The molecule has 0 atom stereocenters. The lowest BCUT2D eigenvalue weighted by Crippen LogP contribution is -2.11. The van der Waals surface area contributed by atoms with Gasteiger partial charge in [-0.15, -0.1) is 0 Å². The van der Waals surface area contributed by atoms with Crippen molar-refractivity contribution >= 4 is 16.9 Å². The lowest BCUT2D eigenvalue weighted by molar-refractivity contribution is 0.1000. The maximum atomic E-state index is 11.0. The minimum absolute atomic E-state index is 0.392. The van der Waals surface area contributed by atoms with Gasteiger partial charge < -0.3 is 5.73 Å². The lowest BCUT2D eigenvalue weighted by atomic mass is 10.2. The molecule has 0 bridgehead atoms. The van der Waals surface area contributed by atoms with E-state index >= 15 is 0 Å². The molecule has 5 nitrogen and oxygen atoms in total. The predicted octanol–water partition coefficient (Wildman–Crippen LogP) is 1.52. The molecule has 0 fully saturated rings. The van der Waals surface area contributed by atoms with Crippen LogP contribution in [-0.4, -0.2) is 20.4 Å². The molecule has 5 heteroatoms. The van der Waals surface area contributed by atoms with Gasteiger partial charge in [-0.05, 0) is 24.3 Å². The number of aromatic nitrogens is 3. The van der Waals surface area contributed by atoms with Gasteiger partial charge in [0.25, 0.3) is 0 Å². The smallest absolute Gasteiger partial charge is 0.250 e. The zero-order chi connectivity index (χ0) is 12.5. The molecular formula is C13H10N4O. The number of para-hydroxylation sites is 2. The van der Waals surface area contributed by atoms with E-state index in [0.29, 0.717) is 11.4 Å². The largest absolute Gasteiger partial charge is 0.366 e. The summed E-state index contributed by atoms with van der Waals surface area (Å²) in [6.45, 7) is 0. The number of carbonyl (C=O) groups is 1. The van der Waals surface area contributed by atoms with Crippen molar-refractivity contribution < 1.29 is 4.79 Å². The average Bonchev–Trinajstić information content (AvgIpc) is 2.82. The molecule has 0 saturated carbocycles. The summed E-state index contributed by atoms with van der Waals surface area (Å²) in [7, 11) is 0. The zero-order valence-electron chi connectivity index (χ0n) is 9.45. The van der Waals surface area contributed by atoms with Crippen molar-refractivity contribution in [2.45, 2.75) is 0 Å². The Labute approximate surface area is 103 Å². The highest BCUT2D eigenvalue weighted by Gasteiger charge is 2.06. The number of nitrogens with zero attached hydrogens (tertiary/aromatic N) is 3. The lowest BCUT2D eigenvalue weighted by Gasteiger charge is -2.03. The second-order valence-corrected chi connectivity index (χ2v) is 3.87. The van der Waals surface area contributed by atoms with Crippen LogP contribution in [0, 0.1) is 0 Å². The molecule has 3 rings (SSSR count). The summed E-state index contributed by atoms with van der Waals surface area (Å²) >= 11 is 0. The monoisotopic (exact) mass is 238 g/mol. The number of imidazole rings is 1. The molecule has 2 heterocycles. The number of pyridine rings is 1. The van der Waals surface area contributed by atoms with Crippen LogP contribution in [0.2, 0.25) is 0 Å². The van der Waals surface area contributed by atoms with Crippen LogP contribution in [0.1, 0.15) is 10.4 Å². The van der Waals surface area contributed by atoms with E-state index in [-0.39, 0.29) is 0 Å². The van der Waals surface area contributed by atoms with Gasteiger partial charge in [-0.1, -0.05) is 12.1 Å². The van der Waals surface area contributed by atoms with E-state index in [4.69, 9.17) is 5.73 Å². The van der Waals surface area contributed by atoms with E-state index in [1.165, 1.54) is 6.20 Å². The van der Waals surface area contributed by atoms with E-state index in [1.807, 2.05) is 28.8 Å². The first kappa shape index (κ1) is 10.5.